The van der Waals surface area contributed by atoms with E-state index < -0.39 is 18.7 Å². The van der Waals surface area contributed by atoms with E-state index in [9.17, 15) is 10.2 Å². The number of aliphatic hydroxyl groups excluding tert-OH is 2. The molecule has 0 fully saturated rings. The second kappa shape index (κ2) is 16.7. The first-order valence-electron chi connectivity index (χ1n) is 11.8. The number of hydrogen-bond acceptors (Lipinski definition) is 4. The van der Waals surface area contributed by atoms with Crippen LogP contribution in [-0.2, 0) is 11.2 Å². The number of ether oxygens (including phenoxy) is 2. The Balaban J connectivity index is 2.16. The molecule has 168 valence electrons. The van der Waals surface area contributed by atoms with Gasteiger partial charge in [-0.25, -0.2) is 0 Å². The molecule has 3 atom stereocenters. The van der Waals surface area contributed by atoms with Gasteiger partial charge in [-0.15, -0.1) is 0 Å². The Labute approximate surface area is 178 Å². The van der Waals surface area contributed by atoms with Crippen LogP contribution in [0.1, 0.15) is 103 Å². The molecule has 0 aliphatic carbocycles. The Morgan fingerprint density at radius 2 is 1.28 bits per heavy atom. The maximum atomic E-state index is 9.55. The summed E-state index contributed by atoms with van der Waals surface area (Å²) in [6, 6.07) is 8.06. The van der Waals surface area contributed by atoms with Gasteiger partial charge in [0, 0.05) is 6.42 Å². The van der Waals surface area contributed by atoms with Crippen molar-refractivity contribution < 1.29 is 19.7 Å². The Morgan fingerprint density at radius 1 is 0.759 bits per heavy atom. The summed E-state index contributed by atoms with van der Waals surface area (Å²) < 4.78 is 11.1. The topological polar surface area (TPSA) is 58.9 Å². The summed E-state index contributed by atoms with van der Waals surface area (Å²) in [7, 11) is 0. The summed E-state index contributed by atoms with van der Waals surface area (Å²) >= 11 is 0. The van der Waals surface area contributed by atoms with Crippen molar-refractivity contribution >= 4 is 0 Å². The molecule has 1 aromatic rings. The van der Waals surface area contributed by atoms with Crippen molar-refractivity contribution in [3.63, 3.8) is 0 Å². The zero-order chi connectivity index (χ0) is 21.3. The normalized spacial score (nSPS) is 14.5. The van der Waals surface area contributed by atoms with Crippen LogP contribution in [-0.4, -0.2) is 28.9 Å². The van der Waals surface area contributed by atoms with E-state index in [0.717, 1.165) is 6.42 Å². The van der Waals surface area contributed by atoms with Crippen molar-refractivity contribution in [2.45, 2.75) is 123 Å². The summed E-state index contributed by atoms with van der Waals surface area (Å²) in [6.45, 7) is 5.49. The van der Waals surface area contributed by atoms with Crippen molar-refractivity contribution in [2.24, 2.45) is 0 Å². The molecule has 4 nitrogen and oxygen atoms in total. The minimum atomic E-state index is -0.931. The van der Waals surface area contributed by atoms with E-state index in [-0.39, 0.29) is 0 Å². The van der Waals surface area contributed by atoms with E-state index >= 15 is 0 Å². The van der Waals surface area contributed by atoms with Crippen molar-refractivity contribution in [1.29, 1.82) is 0 Å². The van der Waals surface area contributed by atoms with Crippen molar-refractivity contribution in [2.75, 3.05) is 0 Å². The lowest BCUT2D eigenvalue weighted by atomic mass is 10.0. The summed E-state index contributed by atoms with van der Waals surface area (Å²) in [5.41, 5.74) is 1.32. The first-order valence-corrected chi connectivity index (χ1v) is 11.8. The van der Waals surface area contributed by atoms with Crippen molar-refractivity contribution in [3.8, 4) is 5.75 Å². The summed E-state index contributed by atoms with van der Waals surface area (Å²) in [5.74, 6) is 0.694. The fourth-order valence-corrected chi connectivity index (χ4v) is 3.51. The van der Waals surface area contributed by atoms with Crippen LogP contribution in [0.4, 0.5) is 0 Å². The molecule has 0 amide bonds. The highest BCUT2D eigenvalue weighted by atomic mass is 16.7. The lowest BCUT2D eigenvalue weighted by Crippen LogP contribution is -2.28. The van der Waals surface area contributed by atoms with Gasteiger partial charge >= 0.3 is 0 Å². The fourth-order valence-electron chi connectivity index (χ4n) is 3.51. The zero-order valence-electron chi connectivity index (χ0n) is 18.9. The molecule has 0 heterocycles. The van der Waals surface area contributed by atoms with E-state index in [1.54, 1.807) is 6.92 Å². The van der Waals surface area contributed by atoms with Gasteiger partial charge < -0.3 is 19.7 Å². The molecule has 1 rings (SSSR count). The third kappa shape index (κ3) is 14.5. The van der Waals surface area contributed by atoms with Gasteiger partial charge in [0.2, 0.25) is 6.29 Å². The van der Waals surface area contributed by atoms with Crippen LogP contribution in [0.15, 0.2) is 24.3 Å². The third-order valence-electron chi connectivity index (χ3n) is 5.14. The van der Waals surface area contributed by atoms with Gasteiger partial charge in [-0.3, -0.25) is 0 Å². The lowest BCUT2D eigenvalue weighted by molar-refractivity contribution is -0.196. The molecular weight excluding hydrogens is 364 g/mol. The molecule has 0 aliphatic heterocycles. The van der Waals surface area contributed by atoms with Gasteiger partial charge in [0.05, 0.1) is 6.10 Å². The van der Waals surface area contributed by atoms with Gasteiger partial charge in [0.15, 0.2) is 6.29 Å². The minimum absolute atomic E-state index is 0.311. The zero-order valence-corrected chi connectivity index (χ0v) is 18.9. The minimum Gasteiger partial charge on any atom is -0.465 e. The Hall–Kier alpha value is -1.10. The molecule has 0 saturated heterocycles. The number of rotatable bonds is 18. The molecular formula is C25H44O4. The molecule has 2 N–H and O–H groups in total. The molecule has 0 radical (unpaired) electrons. The number of aliphatic hydroxyl groups is 2. The van der Waals surface area contributed by atoms with Crippen LogP contribution in [0.2, 0.25) is 0 Å². The highest BCUT2D eigenvalue weighted by Crippen LogP contribution is 2.19. The van der Waals surface area contributed by atoms with Gasteiger partial charge in [0.25, 0.3) is 0 Å². The standard InChI is InChI=1S/C25H44O4/c1-4-5-6-7-8-9-10-11-12-13-14-15-23-16-18-24(19-17-23)29-25(20-21(2)26)28-22(3)27/h16-19,21-22,25-27H,4-15,20H2,1-3H3. The Bertz CT molecular complexity index is 474. The summed E-state index contributed by atoms with van der Waals surface area (Å²) in [4.78, 5) is 0. The smallest absolute Gasteiger partial charge is 0.204 e. The van der Waals surface area contributed by atoms with Crippen LogP contribution in [0.5, 0.6) is 5.75 Å². The van der Waals surface area contributed by atoms with Crippen LogP contribution in [0.3, 0.4) is 0 Å². The fraction of sp³-hybridized carbons (Fsp3) is 0.760. The number of aryl methyl sites for hydroxylation is 1. The van der Waals surface area contributed by atoms with Gasteiger partial charge in [-0.1, -0.05) is 83.3 Å². The first-order chi connectivity index (χ1) is 14.0. The monoisotopic (exact) mass is 408 g/mol. The third-order valence-corrected chi connectivity index (χ3v) is 5.14. The number of benzene rings is 1. The summed E-state index contributed by atoms with van der Waals surface area (Å²) in [5, 5.41) is 19.0. The van der Waals surface area contributed by atoms with E-state index in [1.165, 1.54) is 83.1 Å². The molecule has 0 saturated carbocycles. The van der Waals surface area contributed by atoms with E-state index in [4.69, 9.17) is 9.47 Å². The molecule has 0 aliphatic rings. The highest BCUT2D eigenvalue weighted by molar-refractivity contribution is 5.27. The molecule has 4 heteroatoms. The second-order valence-corrected chi connectivity index (χ2v) is 8.30. The van der Waals surface area contributed by atoms with Gasteiger partial charge in [0.1, 0.15) is 5.75 Å². The summed E-state index contributed by atoms with van der Waals surface area (Å²) in [6.07, 6.45) is 14.3. The van der Waals surface area contributed by atoms with Crippen LogP contribution < -0.4 is 4.74 Å². The second-order valence-electron chi connectivity index (χ2n) is 8.30. The number of hydrogen-bond donors (Lipinski definition) is 2. The SMILES string of the molecule is CCCCCCCCCCCCCc1ccc(OC(CC(C)O)OC(C)O)cc1. The maximum absolute atomic E-state index is 9.55. The van der Waals surface area contributed by atoms with Crippen LogP contribution in [0.25, 0.3) is 0 Å². The van der Waals surface area contributed by atoms with Crippen molar-refractivity contribution in [1.82, 2.24) is 0 Å². The number of unbranched alkanes of at least 4 members (excludes halogenated alkanes) is 10. The van der Waals surface area contributed by atoms with Gasteiger partial charge in [-0.05, 0) is 44.4 Å². The van der Waals surface area contributed by atoms with E-state index in [0.29, 0.717) is 12.2 Å². The average Bonchev–Trinajstić information content (AvgIpc) is 2.66. The molecule has 0 aromatic heterocycles. The van der Waals surface area contributed by atoms with E-state index in [1.807, 2.05) is 12.1 Å². The molecule has 0 bridgehead atoms. The van der Waals surface area contributed by atoms with E-state index in [2.05, 4.69) is 19.1 Å². The molecule has 1 aromatic carbocycles. The largest absolute Gasteiger partial charge is 0.465 e. The van der Waals surface area contributed by atoms with Crippen LogP contribution in [0, 0.1) is 0 Å². The quantitative estimate of drug-likeness (QED) is 0.219. The van der Waals surface area contributed by atoms with Crippen molar-refractivity contribution in [3.05, 3.63) is 29.8 Å². The van der Waals surface area contributed by atoms with Crippen LogP contribution >= 0.6 is 0 Å². The first kappa shape index (κ1) is 25.9. The molecule has 29 heavy (non-hydrogen) atoms. The molecule has 3 unspecified atom stereocenters. The maximum Gasteiger partial charge on any atom is 0.204 e. The molecule has 0 spiro atoms. The predicted molar refractivity (Wildman–Crippen MR) is 120 cm³/mol. The lowest BCUT2D eigenvalue weighted by Gasteiger charge is -2.22. The average molecular weight is 409 g/mol. The van der Waals surface area contributed by atoms with Gasteiger partial charge in [-0.2, -0.15) is 0 Å². The Kier molecular flexibility index (Phi) is 14.9. The predicted octanol–water partition coefficient (Wildman–Crippen LogP) is 6.37. The highest BCUT2D eigenvalue weighted by Gasteiger charge is 2.16. The Morgan fingerprint density at radius 3 is 1.76 bits per heavy atom.